The molecule has 0 aliphatic carbocycles. The zero-order chi connectivity index (χ0) is 19.2. The Hall–Kier alpha value is -2.79. The van der Waals surface area contributed by atoms with Crippen LogP contribution in [0.5, 0.6) is 11.5 Å². The van der Waals surface area contributed by atoms with E-state index < -0.39 is 5.97 Å². The van der Waals surface area contributed by atoms with Gasteiger partial charge in [0.05, 0.1) is 19.3 Å². The molecule has 1 aliphatic rings. The smallest absolute Gasteiger partial charge is 0.363 e. The van der Waals surface area contributed by atoms with E-state index in [2.05, 4.69) is 11.9 Å². The second kappa shape index (κ2) is 8.73. The highest BCUT2D eigenvalue weighted by Gasteiger charge is 2.26. The molecule has 2 aromatic carbocycles. The molecule has 0 fully saturated rings. The largest absolute Gasteiger partial charge is 0.496 e. The van der Waals surface area contributed by atoms with Crippen molar-refractivity contribution in [3.05, 3.63) is 64.3 Å². The maximum atomic E-state index is 12.3. The number of esters is 1. The Morgan fingerprint density at radius 2 is 2.00 bits per heavy atom. The molecule has 6 heteroatoms. The van der Waals surface area contributed by atoms with E-state index in [4.69, 9.17) is 25.8 Å². The topological polar surface area (TPSA) is 57.1 Å². The van der Waals surface area contributed by atoms with Gasteiger partial charge in [0, 0.05) is 10.6 Å². The zero-order valence-corrected chi connectivity index (χ0v) is 16.0. The number of rotatable bonds is 7. The van der Waals surface area contributed by atoms with E-state index in [0.717, 1.165) is 18.4 Å². The van der Waals surface area contributed by atoms with Gasteiger partial charge in [0.2, 0.25) is 5.90 Å². The number of unbranched alkanes of at least 4 members (excludes halogenated alkanes) is 1. The summed E-state index contributed by atoms with van der Waals surface area (Å²) in [5, 5.41) is 0.497. The molecule has 27 heavy (non-hydrogen) atoms. The average Bonchev–Trinajstić information content (AvgIpc) is 3.03. The van der Waals surface area contributed by atoms with Crippen LogP contribution in [0.2, 0.25) is 5.02 Å². The van der Waals surface area contributed by atoms with Crippen LogP contribution in [-0.2, 0) is 9.53 Å². The maximum Gasteiger partial charge on any atom is 0.363 e. The van der Waals surface area contributed by atoms with Crippen molar-refractivity contribution in [2.45, 2.75) is 19.8 Å². The molecule has 1 heterocycles. The summed E-state index contributed by atoms with van der Waals surface area (Å²) in [6.45, 7) is 2.72. The number of hydrogen-bond acceptors (Lipinski definition) is 5. The maximum absolute atomic E-state index is 12.3. The lowest BCUT2D eigenvalue weighted by atomic mass is 10.1. The van der Waals surface area contributed by atoms with Gasteiger partial charge in [-0.25, -0.2) is 9.79 Å². The Bertz CT molecular complexity index is 905. The number of nitrogens with zero attached hydrogens (tertiary/aromatic N) is 1. The lowest BCUT2D eigenvalue weighted by Gasteiger charge is -2.08. The number of aliphatic imine (C=N–C) groups is 1. The third kappa shape index (κ3) is 4.49. The first-order valence-electron chi connectivity index (χ1n) is 8.70. The van der Waals surface area contributed by atoms with E-state index in [9.17, 15) is 4.79 Å². The predicted octanol–water partition coefficient (Wildman–Crippen LogP) is 4.87. The van der Waals surface area contributed by atoms with E-state index in [0.29, 0.717) is 28.7 Å². The van der Waals surface area contributed by atoms with Gasteiger partial charge in [-0.15, -0.1) is 0 Å². The number of methoxy groups -OCH3 is 1. The summed E-state index contributed by atoms with van der Waals surface area (Å²) in [5.41, 5.74) is 1.48. The van der Waals surface area contributed by atoms with Crippen molar-refractivity contribution < 1.29 is 19.0 Å². The van der Waals surface area contributed by atoms with Crippen molar-refractivity contribution in [2.24, 2.45) is 4.99 Å². The van der Waals surface area contributed by atoms with Crippen LogP contribution in [0, 0.1) is 0 Å². The van der Waals surface area contributed by atoms with Gasteiger partial charge in [-0.05, 0) is 36.8 Å². The standard InChI is InChI=1S/C21H20ClNO4/c1-3-4-11-26-18-8-6-5-7-14(18)12-17-21(24)27-20(23-17)16-13-15(22)9-10-19(16)25-2/h5-10,12-13H,3-4,11H2,1-2H3/b17-12-. The van der Waals surface area contributed by atoms with Crippen LogP contribution in [0.25, 0.3) is 6.08 Å². The average molecular weight is 386 g/mol. The third-order valence-electron chi connectivity index (χ3n) is 3.98. The van der Waals surface area contributed by atoms with Crippen LogP contribution in [-0.4, -0.2) is 25.6 Å². The number of ether oxygens (including phenoxy) is 3. The van der Waals surface area contributed by atoms with Gasteiger partial charge in [-0.2, -0.15) is 0 Å². The normalized spacial score (nSPS) is 14.9. The minimum absolute atomic E-state index is 0.162. The molecule has 1 aliphatic heterocycles. The lowest BCUT2D eigenvalue weighted by Crippen LogP contribution is -2.07. The molecule has 3 rings (SSSR count). The Labute approximate surface area is 163 Å². The Balaban J connectivity index is 1.92. The molecule has 0 aromatic heterocycles. The van der Waals surface area contributed by atoms with Crippen LogP contribution in [0.4, 0.5) is 0 Å². The molecule has 0 saturated heterocycles. The van der Waals surface area contributed by atoms with Gasteiger partial charge in [0.25, 0.3) is 0 Å². The van der Waals surface area contributed by atoms with Gasteiger partial charge in [-0.3, -0.25) is 0 Å². The number of cyclic esters (lactones) is 1. The fourth-order valence-corrected chi connectivity index (χ4v) is 2.75. The lowest BCUT2D eigenvalue weighted by molar-refractivity contribution is -0.129. The van der Waals surface area contributed by atoms with Gasteiger partial charge >= 0.3 is 5.97 Å². The SMILES string of the molecule is CCCCOc1ccccc1/C=C1\N=C(c2cc(Cl)ccc2OC)OC1=O. The van der Waals surface area contributed by atoms with Crippen molar-refractivity contribution in [1.82, 2.24) is 0 Å². The number of hydrogen-bond donors (Lipinski definition) is 0. The highest BCUT2D eigenvalue weighted by Crippen LogP contribution is 2.29. The summed E-state index contributed by atoms with van der Waals surface area (Å²) >= 11 is 6.05. The minimum atomic E-state index is -0.532. The van der Waals surface area contributed by atoms with Gasteiger partial charge in [-0.1, -0.05) is 43.1 Å². The molecule has 0 amide bonds. The quantitative estimate of drug-likeness (QED) is 0.387. The van der Waals surface area contributed by atoms with Crippen LogP contribution in [0.3, 0.4) is 0 Å². The first-order chi connectivity index (χ1) is 13.1. The summed E-state index contributed by atoms with van der Waals surface area (Å²) < 4.78 is 16.4. The molecule has 140 valence electrons. The Kier molecular flexibility index (Phi) is 6.14. The minimum Gasteiger partial charge on any atom is -0.496 e. The summed E-state index contributed by atoms with van der Waals surface area (Å²) in [7, 11) is 1.53. The fraction of sp³-hybridized carbons (Fsp3) is 0.238. The second-order valence-corrected chi connectivity index (χ2v) is 6.36. The Morgan fingerprint density at radius 3 is 2.78 bits per heavy atom. The third-order valence-corrected chi connectivity index (χ3v) is 4.21. The van der Waals surface area contributed by atoms with E-state index in [-0.39, 0.29) is 11.6 Å². The van der Waals surface area contributed by atoms with E-state index in [1.807, 2.05) is 24.3 Å². The number of para-hydroxylation sites is 1. The number of carbonyl (C=O) groups excluding carboxylic acids is 1. The van der Waals surface area contributed by atoms with Crippen molar-refractivity contribution >= 4 is 29.5 Å². The monoisotopic (exact) mass is 385 g/mol. The highest BCUT2D eigenvalue weighted by atomic mass is 35.5. The molecule has 0 spiro atoms. The first kappa shape index (κ1) is 19.0. The molecule has 0 atom stereocenters. The number of benzene rings is 2. The molecule has 0 bridgehead atoms. The molecular weight excluding hydrogens is 366 g/mol. The van der Waals surface area contributed by atoms with Gasteiger partial charge < -0.3 is 14.2 Å². The van der Waals surface area contributed by atoms with Crippen molar-refractivity contribution in [3.8, 4) is 11.5 Å². The summed E-state index contributed by atoms with van der Waals surface area (Å²) in [6.07, 6.45) is 3.67. The number of halogens is 1. The fourth-order valence-electron chi connectivity index (χ4n) is 2.58. The molecule has 0 N–H and O–H groups in total. The van der Waals surface area contributed by atoms with Crippen LogP contribution in [0.1, 0.15) is 30.9 Å². The molecule has 5 nitrogen and oxygen atoms in total. The molecule has 0 saturated carbocycles. The highest BCUT2D eigenvalue weighted by molar-refractivity contribution is 6.31. The van der Waals surface area contributed by atoms with Gasteiger partial charge in [0.15, 0.2) is 5.70 Å². The molecule has 0 unspecified atom stereocenters. The molecule has 0 radical (unpaired) electrons. The van der Waals surface area contributed by atoms with Crippen molar-refractivity contribution in [3.63, 3.8) is 0 Å². The predicted molar refractivity (Wildman–Crippen MR) is 105 cm³/mol. The van der Waals surface area contributed by atoms with Crippen LogP contribution >= 0.6 is 11.6 Å². The first-order valence-corrected chi connectivity index (χ1v) is 9.08. The van der Waals surface area contributed by atoms with Crippen molar-refractivity contribution in [1.29, 1.82) is 0 Å². The summed E-state index contributed by atoms with van der Waals surface area (Å²) in [4.78, 5) is 16.6. The van der Waals surface area contributed by atoms with E-state index >= 15 is 0 Å². The van der Waals surface area contributed by atoms with Crippen molar-refractivity contribution in [2.75, 3.05) is 13.7 Å². The zero-order valence-electron chi connectivity index (χ0n) is 15.2. The summed E-state index contributed by atoms with van der Waals surface area (Å²) in [5.74, 6) is 0.858. The van der Waals surface area contributed by atoms with Crippen LogP contribution in [0.15, 0.2) is 53.2 Å². The van der Waals surface area contributed by atoms with Crippen LogP contribution < -0.4 is 9.47 Å². The summed E-state index contributed by atoms with van der Waals surface area (Å²) in [6, 6.07) is 12.6. The molecular formula is C21H20ClNO4. The number of carbonyl (C=O) groups is 1. The van der Waals surface area contributed by atoms with Gasteiger partial charge in [0.1, 0.15) is 11.5 Å². The van der Waals surface area contributed by atoms with E-state index in [1.165, 1.54) is 7.11 Å². The van der Waals surface area contributed by atoms with E-state index in [1.54, 1.807) is 24.3 Å². The molecule has 2 aromatic rings. The Morgan fingerprint density at radius 1 is 1.19 bits per heavy atom. The second-order valence-electron chi connectivity index (χ2n) is 5.92.